The fourth-order valence-electron chi connectivity index (χ4n) is 2.18. The van der Waals surface area contributed by atoms with Gasteiger partial charge in [-0.15, -0.1) is 0 Å². The molecule has 0 atom stereocenters. The number of rotatable bonds is 4. The van der Waals surface area contributed by atoms with Crippen LogP contribution in [0.3, 0.4) is 0 Å². The first kappa shape index (κ1) is 15.2. The van der Waals surface area contributed by atoms with Crippen LogP contribution in [0.4, 0.5) is 11.4 Å². The number of sulfonamides is 1. The maximum absolute atomic E-state index is 12.8. The van der Waals surface area contributed by atoms with E-state index in [2.05, 4.69) is 0 Å². The Hall–Kier alpha value is -2.21. The van der Waals surface area contributed by atoms with Crippen molar-refractivity contribution in [3.05, 3.63) is 48.0 Å². The molecule has 0 radical (unpaired) electrons. The maximum Gasteiger partial charge on any atom is 0.266 e. The lowest BCUT2D eigenvalue weighted by atomic mass is 10.2. The monoisotopic (exact) mass is 306 g/mol. The number of para-hydroxylation sites is 2. The number of nitrogens with two attached hydrogens (primary N) is 1. The van der Waals surface area contributed by atoms with Crippen molar-refractivity contribution in [3.8, 4) is 5.75 Å². The summed E-state index contributed by atoms with van der Waals surface area (Å²) in [6, 6.07) is 12.0. The first-order valence-electron chi connectivity index (χ1n) is 6.36. The number of hydrogen-bond donors (Lipinski definition) is 1. The van der Waals surface area contributed by atoms with Crippen LogP contribution in [0, 0.1) is 6.92 Å². The van der Waals surface area contributed by atoms with Crippen molar-refractivity contribution in [1.82, 2.24) is 0 Å². The lowest BCUT2D eigenvalue weighted by Crippen LogP contribution is -2.28. The maximum atomic E-state index is 12.8. The molecule has 0 spiro atoms. The molecule has 0 unspecified atom stereocenters. The van der Waals surface area contributed by atoms with Crippen LogP contribution >= 0.6 is 0 Å². The molecular formula is C15H18N2O3S. The summed E-state index contributed by atoms with van der Waals surface area (Å²) in [6.07, 6.45) is 0. The number of hydrogen-bond acceptors (Lipinski definition) is 4. The van der Waals surface area contributed by atoms with Gasteiger partial charge in [0.2, 0.25) is 0 Å². The molecule has 0 saturated heterocycles. The topological polar surface area (TPSA) is 72.6 Å². The Labute approximate surface area is 125 Å². The van der Waals surface area contributed by atoms with Gasteiger partial charge in [0.25, 0.3) is 10.0 Å². The van der Waals surface area contributed by atoms with Crippen molar-refractivity contribution in [3.63, 3.8) is 0 Å². The van der Waals surface area contributed by atoms with Crippen LogP contribution in [0.15, 0.2) is 47.4 Å². The van der Waals surface area contributed by atoms with Gasteiger partial charge in [0.1, 0.15) is 10.6 Å². The molecule has 0 aliphatic rings. The van der Waals surface area contributed by atoms with Crippen molar-refractivity contribution in [2.75, 3.05) is 24.2 Å². The molecule has 2 N–H and O–H groups in total. The van der Waals surface area contributed by atoms with Gasteiger partial charge >= 0.3 is 0 Å². The molecule has 0 fully saturated rings. The number of methoxy groups -OCH3 is 1. The van der Waals surface area contributed by atoms with Gasteiger partial charge in [-0.3, -0.25) is 4.31 Å². The number of nitrogen functional groups attached to an aromatic ring is 1. The molecule has 0 saturated carbocycles. The van der Waals surface area contributed by atoms with E-state index < -0.39 is 10.0 Å². The zero-order chi connectivity index (χ0) is 15.6. The highest BCUT2D eigenvalue weighted by atomic mass is 32.2. The average Bonchev–Trinajstić information content (AvgIpc) is 2.46. The molecule has 0 aliphatic heterocycles. The first-order valence-corrected chi connectivity index (χ1v) is 7.80. The smallest absolute Gasteiger partial charge is 0.266 e. The predicted octanol–water partition coefficient (Wildman–Crippen LogP) is 2.41. The van der Waals surface area contributed by atoms with Crippen LogP contribution in [-0.2, 0) is 10.0 Å². The van der Waals surface area contributed by atoms with Crippen LogP contribution in [0.25, 0.3) is 0 Å². The average molecular weight is 306 g/mol. The molecule has 6 heteroatoms. The molecule has 0 aromatic heterocycles. The zero-order valence-electron chi connectivity index (χ0n) is 12.2. The van der Waals surface area contributed by atoms with Crippen LogP contribution in [0.1, 0.15) is 5.56 Å². The summed E-state index contributed by atoms with van der Waals surface area (Å²) in [7, 11) is -0.771. The number of benzene rings is 2. The Morgan fingerprint density at radius 2 is 1.76 bits per heavy atom. The van der Waals surface area contributed by atoms with E-state index in [0.29, 0.717) is 17.0 Å². The summed E-state index contributed by atoms with van der Waals surface area (Å²) in [4.78, 5) is 0.124. The lowest BCUT2D eigenvalue weighted by molar-refractivity contribution is 0.416. The van der Waals surface area contributed by atoms with Crippen molar-refractivity contribution >= 4 is 21.4 Å². The number of aryl methyl sites for hydroxylation is 1. The first-order chi connectivity index (χ1) is 9.89. The fraction of sp³-hybridized carbons (Fsp3) is 0.200. The Morgan fingerprint density at radius 1 is 1.10 bits per heavy atom. The number of ether oxygens (including phenoxy) is 1. The summed E-state index contributed by atoms with van der Waals surface area (Å²) in [5, 5.41) is 0. The minimum atomic E-state index is -3.76. The van der Waals surface area contributed by atoms with Gasteiger partial charge in [-0.2, -0.15) is 0 Å². The normalized spacial score (nSPS) is 11.2. The van der Waals surface area contributed by atoms with E-state index in [1.165, 1.54) is 18.5 Å². The second-order valence-corrected chi connectivity index (χ2v) is 6.54. The third-order valence-electron chi connectivity index (χ3n) is 3.29. The summed E-state index contributed by atoms with van der Waals surface area (Å²) in [5.41, 5.74) is 7.16. The fourth-order valence-corrected chi connectivity index (χ4v) is 3.71. The second kappa shape index (κ2) is 5.65. The quantitative estimate of drug-likeness (QED) is 0.880. The summed E-state index contributed by atoms with van der Waals surface area (Å²) in [5.74, 6) is 0.482. The van der Waals surface area contributed by atoms with Crippen molar-refractivity contribution in [1.29, 1.82) is 0 Å². The van der Waals surface area contributed by atoms with E-state index in [9.17, 15) is 8.42 Å². The summed E-state index contributed by atoms with van der Waals surface area (Å²) >= 11 is 0. The van der Waals surface area contributed by atoms with Gasteiger partial charge in [0, 0.05) is 7.05 Å². The molecule has 5 nitrogen and oxygen atoms in total. The largest absolute Gasteiger partial charge is 0.495 e. The van der Waals surface area contributed by atoms with Crippen molar-refractivity contribution in [2.24, 2.45) is 0 Å². The Balaban J connectivity index is 2.59. The molecule has 2 aromatic carbocycles. The lowest BCUT2D eigenvalue weighted by Gasteiger charge is -2.23. The van der Waals surface area contributed by atoms with E-state index in [1.807, 2.05) is 0 Å². The number of nitrogens with zero attached hydrogens (tertiary/aromatic N) is 1. The van der Waals surface area contributed by atoms with Crippen LogP contribution in [0.2, 0.25) is 0 Å². The summed E-state index contributed by atoms with van der Waals surface area (Å²) < 4.78 is 32.1. The van der Waals surface area contributed by atoms with E-state index >= 15 is 0 Å². The Kier molecular flexibility index (Phi) is 4.09. The zero-order valence-corrected chi connectivity index (χ0v) is 13.0. The van der Waals surface area contributed by atoms with Gasteiger partial charge in [-0.25, -0.2) is 8.42 Å². The van der Waals surface area contributed by atoms with E-state index in [-0.39, 0.29) is 10.6 Å². The predicted molar refractivity (Wildman–Crippen MR) is 84.2 cm³/mol. The van der Waals surface area contributed by atoms with Crippen LogP contribution in [0.5, 0.6) is 5.75 Å². The minimum Gasteiger partial charge on any atom is -0.495 e. The molecule has 0 heterocycles. The third kappa shape index (κ3) is 2.67. The number of anilines is 2. The van der Waals surface area contributed by atoms with Gasteiger partial charge in [0.15, 0.2) is 0 Å². The molecule has 0 amide bonds. The highest BCUT2D eigenvalue weighted by molar-refractivity contribution is 7.93. The standard InChI is InChI=1S/C15H18N2O3S/c1-11-7-6-8-12(16)15(11)21(18,19)17(2)13-9-4-5-10-14(13)20-3/h4-10H,16H2,1-3H3. The molecule has 0 aliphatic carbocycles. The molecule has 0 bridgehead atoms. The van der Waals surface area contributed by atoms with Gasteiger partial charge in [-0.1, -0.05) is 24.3 Å². The Morgan fingerprint density at radius 3 is 2.38 bits per heavy atom. The van der Waals surface area contributed by atoms with E-state index in [1.54, 1.807) is 49.4 Å². The summed E-state index contributed by atoms with van der Waals surface area (Å²) in [6.45, 7) is 1.72. The Bertz CT molecular complexity index is 737. The van der Waals surface area contributed by atoms with Gasteiger partial charge < -0.3 is 10.5 Å². The van der Waals surface area contributed by atoms with Crippen molar-refractivity contribution in [2.45, 2.75) is 11.8 Å². The molecule has 112 valence electrons. The molecule has 2 rings (SSSR count). The van der Waals surface area contributed by atoms with E-state index in [4.69, 9.17) is 10.5 Å². The second-order valence-electron chi connectivity index (χ2n) is 4.64. The molecule has 21 heavy (non-hydrogen) atoms. The van der Waals surface area contributed by atoms with E-state index in [0.717, 1.165) is 0 Å². The van der Waals surface area contributed by atoms with Gasteiger partial charge in [0.05, 0.1) is 18.5 Å². The molecule has 2 aromatic rings. The minimum absolute atomic E-state index is 0.124. The van der Waals surface area contributed by atoms with Crippen molar-refractivity contribution < 1.29 is 13.2 Å². The molecular weight excluding hydrogens is 288 g/mol. The van der Waals surface area contributed by atoms with Crippen LogP contribution < -0.4 is 14.8 Å². The third-order valence-corrected chi connectivity index (χ3v) is 5.28. The highest BCUT2D eigenvalue weighted by Gasteiger charge is 2.27. The van der Waals surface area contributed by atoms with Gasteiger partial charge in [-0.05, 0) is 30.7 Å². The highest BCUT2D eigenvalue weighted by Crippen LogP contribution is 2.33. The SMILES string of the molecule is COc1ccccc1N(C)S(=O)(=O)c1c(C)cccc1N. The van der Waals surface area contributed by atoms with Crippen LogP contribution in [-0.4, -0.2) is 22.6 Å².